The SMILES string of the molecule is Cc1cc(C)n2nc(C(=O)Nc3ccccc3Cc3ccccc3)nc2n1. The molecular formula is C21H19N5O. The molecule has 0 unspecified atom stereocenters. The largest absolute Gasteiger partial charge is 0.319 e. The highest BCUT2D eigenvalue weighted by atomic mass is 16.2. The van der Waals surface area contributed by atoms with Crippen LogP contribution in [0, 0.1) is 13.8 Å². The van der Waals surface area contributed by atoms with Crippen LogP contribution in [0.4, 0.5) is 5.69 Å². The van der Waals surface area contributed by atoms with E-state index in [9.17, 15) is 4.79 Å². The second kappa shape index (κ2) is 6.99. The van der Waals surface area contributed by atoms with Gasteiger partial charge in [-0.1, -0.05) is 48.5 Å². The minimum Gasteiger partial charge on any atom is -0.319 e. The van der Waals surface area contributed by atoms with Gasteiger partial charge < -0.3 is 5.32 Å². The van der Waals surface area contributed by atoms with E-state index >= 15 is 0 Å². The average Bonchev–Trinajstić information content (AvgIpc) is 3.09. The summed E-state index contributed by atoms with van der Waals surface area (Å²) in [6, 6.07) is 19.8. The number of aryl methyl sites for hydroxylation is 2. The topological polar surface area (TPSA) is 72.2 Å². The van der Waals surface area contributed by atoms with Crippen LogP contribution < -0.4 is 5.32 Å². The van der Waals surface area contributed by atoms with E-state index in [0.29, 0.717) is 5.78 Å². The molecule has 1 N–H and O–H groups in total. The van der Waals surface area contributed by atoms with Gasteiger partial charge >= 0.3 is 0 Å². The Labute approximate surface area is 156 Å². The molecule has 0 aliphatic rings. The summed E-state index contributed by atoms with van der Waals surface area (Å²) in [5.74, 6) is 0.180. The molecule has 0 bridgehead atoms. The van der Waals surface area contributed by atoms with Crippen LogP contribution in [0.2, 0.25) is 0 Å². The molecule has 0 aliphatic carbocycles. The van der Waals surface area contributed by atoms with Gasteiger partial charge in [-0.2, -0.15) is 4.98 Å². The van der Waals surface area contributed by atoms with Crippen molar-refractivity contribution in [3.63, 3.8) is 0 Å². The summed E-state index contributed by atoms with van der Waals surface area (Å²) in [7, 11) is 0. The van der Waals surface area contributed by atoms with Gasteiger partial charge in [0.1, 0.15) is 0 Å². The molecule has 1 amide bonds. The summed E-state index contributed by atoms with van der Waals surface area (Å²) in [4.78, 5) is 21.3. The first kappa shape index (κ1) is 16.9. The Morgan fingerprint density at radius 1 is 1.00 bits per heavy atom. The summed E-state index contributed by atoms with van der Waals surface area (Å²) in [5, 5.41) is 7.23. The fourth-order valence-corrected chi connectivity index (χ4v) is 3.05. The molecule has 0 spiro atoms. The van der Waals surface area contributed by atoms with Crippen molar-refractivity contribution >= 4 is 17.4 Å². The Morgan fingerprint density at radius 3 is 2.56 bits per heavy atom. The van der Waals surface area contributed by atoms with Crippen molar-refractivity contribution in [1.29, 1.82) is 0 Å². The molecule has 0 aliphatic heterocycles. The Bertz CT molecular complexity index is 1120. The van der Waals surface area contributed by atoms with Crippen LogP contribution in [-0.4, -0.2) is 25.5 Å². The first-order valence-corrected chi connectivity index (χ1v) is 8.74. The zero-order valence-corrected chi connectivity index (χ0v) is 15.2. The first-order chi connectivity index (χ1) is 13.1. The van der Waals surface area contributed by atoms with E-state index in [4.69, 9.17) is 0 Å². The van der Waals surface area contributed by atoms with Crippen LogP contribution >= 0.6 is 0 Å². The van der Waals surface area contributed by atoms with E-state index in [1.165, 1.54) is 5.56 Å². The molecule has 4 rings (SSSR count). The summed E-state index contributed by atoms with van der Waals surface area (Å²) in [6.07, 6.45) is 0.732. The van der Waals surface area contributed by atoms with E-state index in [0.717, 1.165) is 29.1 Å². The number of amides is 1. The van der Waals surface area contributed by atoms with Crippen molar-refractivity contribution in [3.05, 3.63) is 89.0 Å². The van der Waals surface area contributed by atoms with Gasteiger partial charge in [0.15, 0.2) is 0 Å². The number of hydrogen-bond acceptors (Lipinski definition) is 4. The molecule has 4 aromatic rings. The molecule has 27 heavy (non-hydrogen) atoms. The standard InChI is InChI=1S/C21H19N5O/c1-14-12-15(2)26-21(22-14)24-19(25-26)20(27)23-18-11-7-6-10-17(18)13-16-8-4-3-5-9-16/h3-12H,13H2,1-2H3,(H,23,27). The summed E-state index contributed by atoms with van der Waals surface area (Å²) >= 11 is 0. The quantitative estimate of drug-likeness (QED) is 0.606. The molecule has 0 radical (unpaired) electrons. The number of anilines is 1. The van der Waals surface area contributed by atoms with Gasteiger partial charge in [-0.3, -0.25) is 4.79 Å². The van der Waals surface area contributed by atoms with Gasteiger partial charge in [0, 0.05) is 17.1 Å². The number of benzene rings is 2. The van der Waals surface area contributed by atoms with E-state index in [2.05, 4.69) is 32.5 Å². The maximum absolute atomic E-state index is 12.7. The van der Waals surface area contributed by atoms with Crippen LogP contribution in [0.25, 0.3) is 5.78 Å². The maximum atomic E-state index is 12.7. The molecule has 134 valence electrons. The molecule has 0 saturated carbocycles. The minimum atomic E-state index is -0.349. The van der Waals surface area contributed by atoms with Crippen molar-refractivity contribution in [3.8, 4) is 0 Å². The number of fused-ring (bicyclic) bond motifs is 1. The van der Waals surface area contributed by atoms with Crippen molar-refractivity contribution in [2.24, 2.45) is 0 Å². The Balaban J connectivity index is 1.61. The fourth-order valence-electron chi connectivity index (χ4n) is 3.05. The molecule has 0 atom stereocenters. The number of carbonyl (C=O) groups is 1. The normalized spacial score (nSPS) is 10.9. The monoisotopic (exact) mass is 357 g/mol. The van der Waals surface area contributed by atoms with E-state index in [1.807, 2.05) is 62.4 Å². The van der Waals surface area contributed by atoms with Crippen LogP contribution in [0.5, 0.6) is 0 Å². The summed E-state index contributed by atoms with van der Waals surface area (Å²) in [6.45, 7) is 3.80. The Hall–Kier alpha value is -3.54. The van der Waals surface area contributed by atoms with E-state index in [1.54, 1.807) is 4.52 Å². The molecule has 2 heterocycles. The molecule has 6 nitrogen and oxygen atoms in total. The molecule has 6 heteroatoms. The third-order valence-corrected chi connectivity index (χ3v) is 4.32. The molecule has 2 aromatic heterocycles. The highest BCUT2D eigenvalue weighted by Gasteiger charge is 2.16. The molecule has 0 saturated heterocycles. The molecular weight excluding hydrogens is 338 g/mol. The van der Waals surface area contributed by atoms with E-state index in [-0.39, 0.29) is 11.7 Å². The van der Waals surface area contributed by atoms with Crippen LogP contribution in [0.15, 0.2) is 60.7 Å². The number of nitrogens with zero attached hydrogens (tertiary/aromatic N) is 4. The molecule has 0 fully saturated rings. The van der Waals surface area contributed by atoms with Crippen LogP contribution in [-0.2, 0) is 6.42 Å². The van der Waals surface area contributed by atoms with Crippen LogP contribution in [0.3, 0.4) is 0 Å². The zero-order valence-electron chi connectivity index (χ0n) is 15.2. The Morgan fingerprint density at radius 2 is 1.74 bits per heavy atom. The fraction of sp³-hybridized carbons (Fsp3) is 0.143. The number of hydrogen-bond donors (Lipinski definition) is 1. The van der Waals surface area contributed by atoms with Crippen LogP contribution in [0.1, 0.15) is 33.1 Å². The van der Waals surface area contributed by atoms with Crippen molar-refractivity contribution in [2.75, 3.05) is 5.32 Å². The lowest BCUT2D eigenvalue weighted by Gasteiger charge is -2.10. The predicted octanol–water partition coefficient (Wildman–Crippen LogP) is 3.58. The lowest BCUT2D eigenvalue weighted by Crippen LogP contribution is -2.15. The summed E-state index contributed by atoms with van der Waals surface area (Å²) in [5.41, 5.74) is 4.69. The number of aromatic nitrogens is 4. The zero-order chi connectivity index (χ0) is 18.8. The van der Waals surface area contributed by atoms with Crippen molar-refractivity contribution in [2.45, 2.75) is 20.3 Å². The van der Waals surface area contributed by atoms with Gasteiger partial charge in [0.25, 0.3) is 11.7 Å². The Kier molecular flexibility index (Phi) is 4.38. The highest BCUT2D eigenvalue weighted by molar-refractivity contribution is 6.02. The second-order valence-electron chi connectivity index (χ2n) is 6.46. The predicted molar refractivity (Wildman–Crippen MR) is 104 cm³/mol. The van der Waals surface area contributed by atoms with Crippen molar-refractivity contribution < 1.29 is 4.79 Å². The minimum absolute atomic E-state index is 0.103. The number of para-hydroxylation sites is 1. The molecule has 2 aromatic carbocycles. The van der Waals surface area contributed by atoms with Gasteiger partial charge in [-0.25, -0.2) is 9.50 Å². The number of rotatable bonds is 4. The first-order valence-electron chi connectivity index (χ1n) is 8.74. The van der Waals surface area contributed by atoms with Gasteiger partial charge in [-0.05, 0) is 43.5 Å². The number of carbonyl (C=O) groups excluding carboxylic acids is 1. The highest BCUT2D eigenvalue weighted by Crippen LogP contribution is 2.19. The van der Waals surface area contributed by atoms with E-state index < -0.39 is 0 Å². The lowest BCUT2D eigenvalue weighted by molar-refractivity contribution is 0.101. The van der Waals surface area contributed by atoms with Crippen molar-refractivity contribution in [1.82, 2.24) is 19.6 Å². The average molecular weight is 357 g/mol. The number of nitrogens with one attached hydrogen (secondary N) is 1. The smallest absolute Gasteiger partial charge is 0.295 e. The van der Waals surface area contributed by atoms with Gasteiger partial charge in [0.2, 0.25) is 5.82 Å². The van der Waals surface area contributed by atoms with Gasteiger partial charge in [-0.15, -0.1) is 5.10 Å². The lowest BCUT2D eigenvalue weighted by atomic mass is 10.0. The van der Waals surface area contributed by atoms with Gasteiger partial charge in [0.05, 0.1) is 0 Å². The third kappa shape index (κ3) is 3.55. The maximum Gasteiger partial charge on any atom is 0.295 e. The summed E-state index contributed by atoms with van der Waals surface area (Å²) < 4.78 is 1.58. The third-order valence-electron chi connectivity index (χ3n) is 4.32. The second-order valence-corrected chi connectivity index (χ2v) is 6.46.